The summed E-state index contributed by atoms with van der Waals surface area (Å²) in [6, 6.07) is 12.6. The zero-order valence-electron chi connectivity index (χ0n) is 16.6. The molecule has 4 nitrogen and oxygen atoms in total. The first-order chi connectivity index (χ1) is 14.0. The molecule has 1 aliphatic rings. The number of carbonyl (C=O) groups excluding carboxylic acids is 1. The summed E-state index contributed by atoms with van der Waals surface area (Å²) in [5.74, 6) is 1.98. The number of halogens is 2. The van der Waals surface area contributed by atoms with Crippen molar-refractivity contribution in [3.8, 4) is 11.5 Å². The maximum absolute atomic E-state index is 12.4. The summed E-state index contributed by atoms with van der Waals surface area (Å²) < 4.78 is 12.3. The lowest BCUT2D eigenvalue weighted by Gasteiger charge is -2.21. The molecule has 0 aromatic heterocycles. The fourth-order valence-electron chi connectivity index (χ4n) is 3.51. The molecule has 2 aromatic rings. The molecule has 0 saturated heterocycles. The molecule has 1 unspecified atom stereocenters. The lowest BCUT2D eigenvalue weighted by atomic mass is 9.87. The maximum Gasteiger partial charge on any atom is 0.265 e. The van der Waals surface area contributed by atoms with Crippen LogP contribution in [0.1, 0.15) is 45.4 Å². The summed E-state index contributed by atoms with van der Waals surface area (Å²) in [5.41, 5.74) is 0.709. The van der Waals surface area contributed by atoms with Crippen molar-refractivity contribution in [2.45, 2.75) is 51.6 Å². The number of nitrogens with one attached hydrogen (secondary N) is 1. The van der Waals surface area contributed by atoms with Gasteiger partial charge in [-0.15, -0.1) is 0 Å². The van der Waals surface area contributed by atoms with Crippen molar-refractivity contribution in [1.29, 1.82) is 0 Å². The van der Waals surface area contributed by atoms with Crippen molar-refractivity contribution in [2.75, 3.05) is 11.9 Å². The van der Waals surface area contributed by atoms with E-state index in [1.165, 1.54) is 32.1 Å². The van der Waals surface area contributed by atoms with Crippen LogP contribution >= 0.6 is 27.5 Å². The van der Waals surface area contributed by atoms with Gasteiger partial charge < -0.3 is 14.8 Å². The predicted molar refractivity (Wildman–Crippen MR) is 121 cm³/mol. The van der Waals surface area contributed by atoms with Gasteiger partial charge in [-0.25, -0.2) is 0 Å². The van der Waals surface area contributed by atoms with Gasteiger partial charge in [-0.05, 0) is 77.7 Å². The first-order valence-corrected chi connectivity index (χ1v) is 11.3. The second kappa shape index (κ2) is 10.9. The molecule has 1 saturated carbocycles. The maximum atomic E-state index is 12.4. The quantitative estimate of drug-likeness (QED) is 0.449. The largest absolute Gasteiger partial charge is 0.494 e. The van der Waals surface area contributed by atoms with E-state index in [1.807, 2.05) is 24.3 Å². The molecule has 3 rings (SSSR count). The van der Waals surface area contributed by atoms with E-state index in [9.17, 15) is 4.79 Å². The molecular formula is C23H27BrClNO3. The van der Waals surface area contributed by atoms with Crippen LogP contribution in [-0.4, -0.2) is 18.6 Å². The number of amides is 1. The fourth-order valence-corrected chi connectivity index (χ4v) is 4.29. The molecule has 0 aliphatic heterocycles. The summed E-state index contributed by atoms with van der Waals surface area (Å²) in [7, 11) is 0. The normalized spacial score (nSPS) is 15.6. The lowest BCUT2D eigenvalue weighted by molar-refractivity contribution is -0.122. The van der Waals surface area contributed by atoms with Gasteiger partial charge in [0, 0.05) is 10.7 Å². The second-order valence-electron chi connectivity index (χ2n) is 7.49. The summed E-state index contributed by atoms with van der Waals surface area (Å²) in [5, 5.41) is 3.47. The fraction of sp³-hybridized carbons (Fsp3) is 0.435. The van der Waals surface area contributed by atoms with Crippen LogP contribution in [0.25, 0.3) is 0 Å². The van der Waals surface area contributed by atoms with E-state index >= 15 is 0 Å². The minimum atomic E-state index is -0.654. The number of ether oxygens (including phenoxy) is 2. The van der Waals surface area contributed by atoms with Gasteiger partial charge in [0.1, 0.15) is 11.5 Å². The van der Waals surface area contributed by atoms with Crippen LogP contribution in [-0.2, 0) is 4.79 Å². The number of hydrogen-bond donors (Lipinski definition) is 1. The molecule has 29 heavy (non-hydrogen) atoms. The van der Waals surface area contributed by atoms with Gasteiger partial charge in [-0.3, -0.25) is 4.79 Å². The van der Waals surface area contributed by atoms with E-state index in [-0.39, 0.29) is 5.91 Å². The third-order valence-electron chi connectivity index (χ3n) is 5.21. The number of anilines is 1. The molecule has 156 valence electrons. The molecule has 1 atom stereocenters. The Balaban J connectivity index is 1.45. The first-order valence-electron chi connectivity index (χ1n) is 10.2. The van der Waals surface area contributed by atoms with Gasteiger partial charge >= 0.3 is 0 Å². The summed E-state index contributed by atoms with van der Waals surface area (Å²) >= 11 is 9.32. The number of rotatable bonds is 8. The van der Waals surface area contributed by atoms with Gasteiger partial charge in [0.05, 0.1) is 11.1 Å². The van der Waals surface area contributed by atoms with Crippen molar-refractivity contribution >= 4 is 39.1 Å². The molecule has 1 aliphatic carbocycles. The van der Waals surface area contributed by atoms with E-state index in [4.69, 9.17) is 21.1 Å². The molecule has 0 bridgehead atoms. The minimum Gasteiger partial charge on any atom is -0.494 e. The highest BCUT2D eigenvalue weighted by molar-refractivity contribution is 9.10. The average molecular weight is 481 g/mol. The van der Waals surface area contributed by atoms with Gasteiger partial charge in [-0.2, -0.15) is 0 Å². The van der Waals surface area contributed by atoms with E-state index in [0.29, 0.717) is 20.9 Å². The van der Waals surface area contributed by atoms with E-state index in [1.54, 1.807) is 25.1 Å². The highest BCUT2D eigenvalue weighted by Crippen LogP contribution is 2.29. The van der Waals surface area contributed by atoms with Crippen LogP contribution < -0.4 is 14.8 Å². The molecule has 0 heterocycles. The molecule has 1 N–H and O–H groups in total. The van der Waals surface area contributed by atoms with Crippen molar-refractivity contribution in [1.82, 2.24) is 0 Å². The Bertz CT molecular complexity index is 806. The third-order valence-corrected chi connectivity index (χ3v) is 6.06. The van der Waals surface area contributed by atoms with Crippen LogP contribution in [0.15, 0.2) is 46.9 Å². The monoisotopic (exact) mass is 479 g/mol. The SMILES string of the molecule is CC(Oc1ccc(Cl)cc1Br)C(=O)Nc1ccc(OCCC2CCCCC2)cc1. The highest BCUT2D eigenvalue weighted by Gasteiger charge is 2.17. The standard InChI is InChI=1S/C23H27BrClNO3/c1-16(29-22-12-7-18(25)15-21(22)24)23(27)26-19-8-10-20(11-9-19)28-14-13-17-5-3-2-4-6-17/h7-12,15-17H,2-6,13-14H2,1H3,(H,26,27). The van der Waals surface area contributed by atoms with Crippen molar-refractivity contribution in [2.24, 2.45) is 5.92 Å². The van der Waals surface area contributed by atoms with Crippen molar-refractivity contribution in [3.63, 3.8) is 0 Å². The molecule has 1 amide bonds. The smallest absolute Gasteiger partial charge is 0.265 e. The first kappa shape index (κ1) is 22.0. The predicted octanol–water partition coefficient (Wildman–Crippen LogP) is 6.86. The Morgan fingerprint density at radius 1 is 1.17 bits per heavy atom. The van der Waals surface area contributed by atoms with Crippen LogP contribution in [0.2, 0.25) is 5.02 Å². The van der Waals surface area contributed by atoms with E-state index in [0.717, 1.165) is 24.7 Å². The molecule has 2 aromatic carbocycles. The Morgan fingerprint density at radius 3 is 2.59 bits per heavy atom. The highest BCUT2D eigenvalue weighted by atomic mass is 79.9. The zero-order chi connectivity index (χ0) is 20.6. The molecule has 0 spiro atoms. The minimum absolute atomic E-state index is 0.224. The van der Waals surface area contributed by atoms with Crippen LogP contribution in [0.3, 0.4) is 0 Å². The third kappa shape index (κ3) is 6.93. The van der Waals surface area contributed by atoms with Crippen LogP contribution in [0, 0.1) is 5.92 Å². The van der Waals surface area contributed by atoms with Gasteiger partial charge in [0.2, 0.25) is 0 Å². The van der Waals surface area contributed by atoms with E-state index < -0.39 is 6.10 Å². The van der Waals surface area contributed by atoms with Crippen molar-refractivity contribution in [3.05, 3.63) is 52.0 Å². The van der Waals surface area contributed by atoms with E-state index in [2.05, 4.69) is 21.2 Å². The Morgan fingerprint density at radius 2 is 1.90 bits per heavy atom. The van der Waals surface area contributed by atoms with Crippen LogP contribution in [0.5, 0.6) is 11.5 Å². The summed E-state index contributed by atoms with van der Waals surface area (Å²) in [4.78, 5) is 12.4. The second-order valence-corrected chi connectivity index (χ2v) is 8.78. The topological polar surface area (TPSA) is 47.6 Å². The number of hydrogen-bond acceptors (Lipinski definition) is 3. The molecule has 1 fully saturated rings. The molecular weight excluding hydrogens is 454 g/mol. The Kier molecular flexibility index (Phi) is 8.25. The van der Waals surface area contributed by atoms with Crippen LogP contribution in [0.4, 0.5) is 5.69 Å². The Labute approximate surface area is 186 Å². The lowest BCUT2D eigenvalue weighted by Crippen LogP contribution is -2.30. The van der Waals surface area contributed by atoms with Gasteiger partial charge in [0.25, 0.3) is 5.91 Å². The molecule has 6 heteroatoms. The summed E-state index contributed by atoms with van der Waals surface area (Å²) in [6.45, 7) is 2.45. The average Bonchev–Trinajstić information content (AvgIpc) is 2.72. The number of benzene rings is 2. The Hall–Kier alpha value is -1.72. The van der Waals surface area contributed by atoms with Gasteiger partial charge in [0.15, 0.2) is 6.10 Å². The zero-order valence-corrected chi connectivity index (χ0v) is 19.0. The van der Waals surface area contributed by atoms with Gasteiger partial charge in [-0.1, -0.05) is 43.7 Å². The number of carbonyl (C=O) groups is 1. The van der Waals surface area contributed by atoms with Crippen molar-refractivity contribution < 1.29 is 14.3 Å². The molecule has 0 radical (unpaired) electrons. The summed E-state index contributed by atoms with van der Waals surface area (Å²) in [6.07, 6.45) is 7.23.